The van der Waals surface area contributed by atoms with Gasteiger partial charge in [0.25, 0.3) is 0 Å². The summed E-state index contributed by atoms with van der Waals surface area (Å²) in [6.07, 6.45) is 12.7. The fraction of sp³-hybridized carbons (Fsp3) is 1.00. The quantitative estimate of drug-likeness (QED) is 0.214. The van der Waals surface area contributed by atoms with Crippen LogP contribution >= 0.6 is 46.8 Å². The predicted molar refractivity (Wildman–Crippen MR) is 115 cm³/mol. The van der Waals surface area contributed by atoms with Gasteiger partial charge in [0.05, 0.1) is 0 Å². The monoisotopic (exact) mass is 500 g/mol. The van der Waals surface area contributed by atoms with E-state index in [9.17, 15) is 0 Å². The third kappa shape index (κ3) is 22.4. The van der Waals surface area contributed by atoms with Crippen molar-refractivity contribution in [1.29, 1.82) is 0 Å². The van der Waals surface area contributed by atoms with Gasteiger partial charge in [0.15, 0.2) is 0 Å². The molecule has 21 heavy (non-hydrogen) atoms. The first kappa shape index (κ1) is 23.4. The molecule has 2 aliphatic rings. The van der Waals surface area contributed by atoms with Gasteiger partial charge in [-0.1, -0.05) is 34.4 Å². The Bertz CT molecular complexity index is 128. The van der Waals surface area contributed by atoms with Crippen LogP contribution in [0.1, 0.15) is 57.8 Å². The molecule has 2 rings (SSSR count). The van der Waals surface area contributed by atoms with Crippen molar-refractivity contribution in [3.63, 3.8) is 0 Å². The SMILES string of the molecule is C1CCSSCC1.C1CC[Se][Se]CC1.SCCCCCS. The average Bonchev–Trinajstić information content (AvgIpc) is 2.99. The fourth-order valence-corrected chi connectivity index (χ4v) is 11.4. The van der Waals surface area contributed by atoms with Gasteiger partial charge >= 0.3 is 56.2 Å². The molecule has 0 unspecified atom stereocenters. The van der Waals surface area contributed by atoms with Gasteiger partial charge in [-0.15, -0.1) is 0 Å². The molecule has 2 aliphatic heterocycles. The van der Waals surface area contributed by atoms with Crippen LogP contribution in [0.5, 0.6) is 0 Å². The summed E-state index contributed by atoms with van der Waals surface area (Å²) in [5.41, 5.74) is 0. The van der Waals surface area contributed by atoms with E-state index in [0.717, 1.165) is 37.8 Å². The van der Waals surface area contributed by atoms with Crippen molar-refractivity contribution >= 4 is 73.1 Å². The predicted octanol–water partition coefficient (Wildman–Crippen LogP) is 5.90. The number of hydrogen-bond acceptors (Lipinski definition) is 4. The molecule has 0 N–H and O–H groups in total. The summed E-state index contributed by atoms with van der Waals surface area (Å²) in [7, 11) is 4.06. The van der Waals surface area contributed by atoms with Crippen molar-refractivity contribution in [1.82, 2.24) is 0 Å². The van der Waals surface area contributed by atoms with E-state index in [1.807, 2.05) is 21.6 Å². The van der Waals surface area contributed by atoms with Crippen LogP contribution in [0.3, 0.4) is 0 Å². The van der Waals surface area contributed by atoms with Crippen molar-refractivity contribution in [2.24, 2.45) is 0 Å². The molecule has 0 atom stereocenters. The van der Waals surface area contributed by atoms with E-state index in [4.69, 9.17) is 0 Å². The van der Waals surface area contributed by atoms with Gasteiger partial charge in [-0.2, -0.15) is 25.3 Å². The normalized spacial score (nSPS) is 19.1. The Morgan fingerprint density at radius 3 is 1.57 bits per heavy atom. The second-order valence-electron chi connectivity index (χ2n) is 4.92. The minimum absolute atomic E-state index is 1.02. The zero-order chi connectivity index (χ0) is 15.4. The molecule has 2 saturated heterocycles. The molecule has 0 aromatic heterocycles. The van der Waals surface area contributed by atoms with Crippen LogP contribution in [-0.4, -0.2) is 49.3 Å². The standard InChI is InChI=1S/C5H10S2.C5H12S2.C5H10Se2/c1-2-4-6-7-5-3-1;6-4-2-1-3-5-7;1-2-4-6-7-5-3-1/h1-5H2;6-7H,1-5H2;1-5H2. The van der Waals surface area contributed by atoms with Crippen LogP contribution in [0.2, 0.25) is 10.6 Å². The zero-order valence-corrected chi connectivity index (χ0v) is 20.0. The second-order valence-corrected chi connectivity index (χ2v) is 16.4. The van der Waals surface area contributed by atoms with Crippen molar-refractivity contribution in [2.45, 2.75) is 68.4 Å². The van der Waals surface area contributed by atoms with Crippen LogP contribution in [0.15, 0.2) is 0 Å². The molecule has 0 amide bonds. The largest absolute Gasteiger partial charge is 0.179 e. The summed E-state index contributed by atoms with van der Waals surface area (Å²) >= 11 is 10.3. The van der Waals surface area contributed by atoms with Crippen LogP contribution < -0.4 is 0 Å². The minimum Gasteiger partial charge on any atom is -0.179 e. The van der Waals surface area contributed by atoms with E-state index in [0.29, 0.717) is 0 Å². The molecule has 0 aromatic carbocycles. The Balaban J connectivity index is 0.000000286. The van der Waals surface area contributed by atoms with Gasteiger partial charge < -0.3 is 0 Å². The first-order valence-electron chi connectivity index (χ1n) is 8.12. The molecular formula is C15H32S4Se2. The molecule has 0 nitrogen and oxygen atoms in total. The van der Waals surface area contributed by atoms with Crippen molar-refractivity contribution in [3.05, 3.63) is 0 Å². The van der Waals surface area contributed by atoms with Crippen molar-refractivity contribution in [3.8, 4) is 0 Å². The summed E-state index contributed by atoms with van der Waals surface area (Å²) in [5.74, 6) is 4.80. The molecule has 0 saturated carbocycles. The van der Waals surface area contributed by atoms with E-state index in [1.165, 1.54) is 56.5 Å². The van der Waals surface area contributed by atoms with Crippen molar-refractivity contribution in [2.75, 3.05) is 23.0 Å². The molecule has 2 fully saturated rings. The van der Waals surface area contributed by atoms with E-state index in [1.54, 1.807) is 23.5 Å². The average molecular weight is 499 g/mol. The summed E-state index contributed by atoms with van der Waals surface area (Å²) in [6, 6.07) is 0. The van der Waals surface area contributed by atoms with Crippen LogP contribution in [-0.2, 0) is 0 Å². The number of hydrogen-bond donors (Lipinski definition) is 2. The van der Waals surface area contributed by atoms with Gasteiger partial charge in [-0.25, -0.2) is 0 Å². The maximum Gasteiger partial charge on any atom is -0.00979 e. The van der Waals surface area contributed by atoms with E-state index < -0.39 is 0 Å². The van der Waals surface area contributed by atoms with Crippen LogP contribution in [0.4, 0.5) is 0 Å². The molecule has 0 radical (unpaired) electrons. The van der Waals surface area contributed by atoms with Gasteiger partial charge in [0.1, 0.15) is 0 Å². The summed E-state index contributed by atoms with van der Waals surface area (Å²) in [5, 5.41) is 3.18. The Labute approximate surface area is 163 Å². The second kappa shape index (κ2) is 22.4. The van der Waals surface area contributed by atoms with Gasteiger partial charge in [0.2, 0.25) is 0 Å². The number of rotatable bonds is 4. The first-order valence-corrected chi connectivity index (χ1v) is 18.6. The summed E-state index contributed by atoms with van der Waals surface area (Å²) in [6.45, 7) is 0. The molecule has 0 aliphatic carbocycles. The Morgan fingerprint density at radius 2 is 1.10 bits per heavy atom. The maximum atomic E-state index is 4.07. The molecule has 2 heterocycles. The Kier molecular flexibility index (Phi) is 25.0. The smallest absolute Gasteiger partial charge is 0.00979 e. The third-order valence-electron chi connectivity index (χ3n) is 2.89. The third-order valence-corrected chi connectivity index (χ3v) is 13.8. The minimum atomic E-state index is 1.02. The first-order chi connectivity index (χ1) is 10.4. The molecule has 0 spiro atoms. The molecule has 0 bridgehead atoms. The summed E-state index contributed by atoms with van der Waals surface area (Å²) in [4.78, 5) is 0. The van der Waals surface area contributed by atoms with Gasteiger partial charge in [0, 0.05) is 11.5 Å². The summed E-state index contributed by atoms with van der Waals surface area (Å²) < 4.78 is 0. The topological polar surface area (TPSA) is 0 Å². The van der Waals surface area contributed by atoms with Crippen LogP contribution in [0, 0.1) is 0 Å². The van der Waals surface area contributed by atoms with E-state index in [2.05, 4.69) is 25.3 Å². The fourth-order valence-electron chi connectivity index (χ4n) is 1.63. The molecular weight excluding hydrogens is 466 g/mol. The molecule has 128 valence electrons. The van der Waals surface area contributed by atoms with Crippen molar-refractivity contribution < 1.29 is 0 Å². The van der Waals surface area contributed by atoms with Gasteiger partial charge in [-0.05, 0) is 37.2 Å². The van der Waals surface area contributed by atoms with E-state index in [-0.39, 0.29) is 0 Å². The van der Waals surface area contributed by atoms with Gasteiger partial charge in [-0.3, -0.25) is 0 Å². The number of thiol groups is 2. The zero-order valence-electron chi connectivity index (χ0n) is 13.1. The van der Waals surface area contributed by atoms with E-state index >= 15 is 0 Å². The van der Waals surface area contributed by atoms with Crippen LogP contribution in [0.25, 0.3) is 0 Å². The maximum absolute atomic E-state index is 4.07. The Morgan fingerprint density at radius 1 is 0.619 bits per heavy atom. The number of unbranched alkanes of at least 4 members (excludes halogenated alkanes) is 2. The molecule has 0 aromatic rings. The molecule has 6 heteroatoms. The Hall–Kier alpha value is 2.44.